The Balaban J connectivity index is 1.41. The predicted octanol–water partition coefficient (Wildman–Crippen LogP) is -10.6. The third-order valence-corrected chi connectivity index (χ3v) is 11.1. The fourth-order valence-corrected chi connectivity index (χ4v) is 7.76. The molecular weight excluding hydrogens is 836 g/mol. The number of carbonyl (C=O) groups is 2. The summed E-state index contributed by atoms with van der Waals surface area (Å²) < 4.78 is 51.3. The summed E-state index contributed by atoms with van der Waals surface area (Å²) in [7, 11) is 0. The molecule has 27 nitrogen and oxygen atoms in total. The Hall–Kier alpha value is -1.98. The van der Waals surface area contributed by atoms with Crippen molar-refractivity contribution in [2.75, 3.05) is 26.4 Å². The van der Waals surface area contributed by atoms with Crippen LogP contribution in [-0.4, -0.2) is 263 Å². The molecule has 354 valence electrons. The molecule has 5 heterocycles. The third-order valence-electron chi connectivity index (χ3n) is 11.1. The second-order valence-electron chi connectivity index (χ2n) is 15.4. The van der Waals surface area contributed by atoms with Crippen molar-refractivity contribution in [2.24, 2.45) is 0 Å². The lowest BCUT2D eigenvalue weighted by molar-refractivity contribution is -0.388. The van der Waals surface area contributed by atoms with E-state index in [9.17, 15) is 81.1 Å². The van der Waals surface area contributed by atoms with E-state index in [1.54, 1.807) is 0 Å². The Morgan fingerprint density at radius 3 is 1.41 bits per heavy atom. The van der Waals surface area contributed by atoms with Crippen molar-refractivity contribution in [1.82, 2.24) is 10.6 Å². The van der Waals surface area contributed by atoms with Gasteiger partial charge in [0, 0.05) is 13.8 Å². The van der Waals surface area contributed by atoms with E-state index in [0.29, 0.717) is 0 Å². The van der Waals surface area contributed by atoms with E-state index >= 15 is 0 Å². The maximum absolute atomic E-state index is 12.6. The van der Waals surface area contributed by atoms with Crippen molar-refractivity contribution in [3.63, 3.8) is 0 Å². The Bertz CT molecular complexity index is 1420. The molecule has 27 heteroatoms. The van der Waals surface area contributed by atoms with Crippen molar-refractivity contribution in [3.05, 3.63) is 0 Å². The summed E-state index contributed by atoms with van der Waals surface area (Å²) in [6.07, 6.45) is -41.1. The van der Waals surface area contributed by atoms with Gasteiger partial charge in [0.05, 0.1) is 32.5 Å². The molecule has 2 amide bonds. The number of carbonyl (C=O) groups excluding carboxylic acids is 2. The van der Waals surface area contributed by atoms with Gasteiger partial charge in [0.2, 0.25) is 11.8 Å². The number of rotatable bonds is 14. The fourth-order valence-electron chi connectivity index (χ4n) is 7.76. The van der Waals surface area contributed by atoms with Gasteiger partial charge in [-0.05, 0) is 6.92 Å². The van der Waals surface area contributed by atoms with Gasteiger partial charge >= 0.3 is 0 Å². The summed E-state index contributed by atoms with van der Waals surface area (Å²) in [4.78, 5) is 24.5. The van der Waals surface area contributed by atoms with Crippen LogP contribution >= 0.6 is 0 Å². The van der Waals surface area contributed by atoms with E-state index < -0.39 is 192 Å². The Morgan fingerprint density at radius 2 is 0.836 bits per heavy atom. The van der Waals surface area contributed by atoms with Crippen LogP contribution in [-0.2, 0) is 52.2 Å². The quantitative estimate of drug-likeness (QED) is 0.0770. The standard InChI is InChI=1S/C34H58N2O25/c1-8-17(43)21(47)24(50)32(53-8)61-29-22(48)18(44)11(4-37)56-34(29)60-28-16(36-10(3)42)31(55-13(6-39)20(28)46)58-26-14(7-40)57-33(25(51)23(26)49)59-27-15(35-9(2)41)30(52)54-12(5-38)19(27)45/h8,11-34,37-40,43-52H,4-7H2,1-3H3,(H,35,41)(H,36,42)/t8-,11+,12+,13+,14+,15+,16+,17+,18-,19-,20-,21+,22-,23+,24-,25+,26-,27+,28+,29+,30?,31+,32-,33-,34-/m0/s1. The number of amides is 2. The molecule has 25 atom stereocenters. The van der Waals surface area contributed by atoms with Crippen LogP contribution in [0, 0.1) is 0 Å². The predicted molar refractivity (Wildman–Crippen MR) is 188 cm³/mol. The lowest BCUT2D eigenvalue weighted by atomic mass is 9.94. The molecule has 0 saturated carbocycles. The lowest BCUT2D eigenvalue weighted by Crippen LogP contribution is -2.70. The third kappa shape index (κ3) is 10.8. The summed E-state index contributed by atoms with van der Waals surface area (Å²) in [6.45, 7) is -0.233. The molecule has 0 bridgehead atoms. The minimum Gasteiger partial charge on any atom is -0.394 e. The minimum absolute atomic E-state index is 0.704. The molecule has 0 aromatic carbocycles. The van der Waals surface area contributed by atoms with Crippen molar-refractivity contribution in [2.45, 2.75) is 174 Å². The van der Waals surface area contributed by atoms with Gasteiger partial charge in [-0.15, -0.1) is 0 Å². The second kappa shape index (κ2) is 21.3. The van der Waals surface area contributed by atoms with Crippen LogP contribution in [0.1, 0.15) is 20.8 Å². The average Bonchev–Trinajstić information content (AvgIpc) is 3.22. The van der Waals surface area contributed by atoms with Crippen LogP contribution in [0.5, 0.6) is 0 Å². The van der Waals surface area contributed by atoms with E-state index in [4.69, 9.17) is 42.6 Å². The monoisotopic (exact) mass is 894 g/mol. The number of aliphatic hydroxyl groups is 14. The van der Waals surface area contributed by atoms with Gasteiger partial charge in [-0.2, -0.15) is 0 Å². The highest BCUT2D eigenvalue weighted by Crippen LogP contribution is 2.36. The van der Waals surface area contributed by atoms with E-state index in [0.717, 1.165) is 13.8 Å². The molecule has 5 saturated heterocycles. The molecule has 16 N–H and O–H groups in total. The largest absolute Gasteiger partial charge is 0.394 e. The lowest BCUT2D eigenvalue weighted by Gasteiger charge is -2.50. The molecule has 0 aromatic heterocycles. The number of aliphatic hydroxyl groups excluding tert-OH is 14. The smallest absolute Gasteiger partial charge is 0.217 e. The molecule has 0 aliphatic carbocycles. The molecule has 5 fully saturated rings. The highest BCUT2D eigenvalue weighted by Gasteiger charge is 2.57. The topological polar surface area (TPSA) is 424 Å². The van der Waals surface area contributed by atoms with Gasteiger partial charge in [0.15, 0.2) is 31.5 Å². The molecule has 5 aliphatic rings. The number of hydrogen-bond acceptors (Lipinski definition) is 25. The summed E-state index contributed by atoms with van der Waals surface area (Å²) >= 11 is 0. The summed E-state index contributed by atoms with van der Waals surface area (Å²) in [6, 6.07) is -3.20. The first-order valence-corrected chi connectivity index (χ1v) is 19.5. The van der Waals surface area contributed by atoms with Gasteiger partial charge in [0.25, 0.3) is 0 Å². The average molecular weight is 895 g/mol. The highest BCUT2D eigenvalue weighted by molar-refractivity contribution is 5.73. The van der Waals surface area contributed by atoms with E-state index in [1.807, 2.05) is 0 Å². The molecule has 1 unspecified atom stereocenters. The molecule has 0 radical (unpaired) electrons. The molecule has 61 heavy (non-hydrogen) atoms. The summed E-state index contributed by atoms with van der Waals surface area (Å²) in [5.74, 6) is -1.52. The summed E-state index contributed by atoms with van der Waals surface area (Å²) in [5.41, 5.74) is 0. The van der Waals surface area contributed by atoms with E-state index in [1.165, 1.54) is 6.92 Å². The zero-order chi connectivity index (χ0) is 45.2. The maximum atomic E-state index is 12.6. The highest BCUT2D eigenvalue weighted by atomic mass is 16.8. The SMILES string of the molecule is CC(=O)N[C@H]1[C@@H](O[C@@H]2[C@H](O)[C@@H](O)[C@H](O[C@H]3[C@@H](O)[C@@H](CO)OC(O)[C@@H]3NC(C)=O)O[C@@H]2CO)O[C@H](CO)[C@H](O)[C@@H]1O[C@@H]1O[C@H](CO)[C@H](O)[C@H](O)[C@H]1O[C@@H]1O[C@@H](C)[C@@H](O)[C@@H](O)[C@@H]1O. The zero-order valence-corrected chi connectivity index (χ0v) is 33.0. The van der Waals surface area contributed by atoms with Crippen molar-refractivity contribution in [1.29, 1.82) is 0 Å². The molecule has 0 spiro atoms. The molecule has 5 aliphatic heterocycles. The van der Waals surface area contributed by atoms with Crippen LogP contribution in [0.3, 0.4) is 0 Å². The minimum atomic E-state index is -2.11. The Morgan fingerprint density at radius 1 is 0.426 bits per heavy atom. The number of nitrogens with one attached hydrogen (secondary N) is 2. The van der Waals surface area contributed by atoms with Crippen LogP contribution < -0.4 is 10.6 Å². The number of ether oxygens (including phenoxy) is 9. The van der Waals surface area contributed by atoms with E-state index in [2.05, 4.69) is 10.6 Å². The van der Waals surface area contributed by atoms with Crippen molar-refractivity contribution in [3.8, 4) is 0 Å². The maximum Gasteiger partial charge on any atom is 0.217 e. The van der Waals surface area contributed by atoms with Gasteiger partial charge < -0.3 is 125 Å². The Labute approximate surface area is 346 Å². The van der Waals surface area contributed by atoms with Crippen LogP contribution in [0.15, 0.2) is 0 Å². The molecular formula is C34H58N2O25. The van der Waals surface area contributed by atoms with Crippen LogP contribution in [0.4, 0.5) is 0 Å². The second-order valence-corrected chi connectivity index (χ2v) is 15.4. The van der Waals surface area contributed by atoms with Crippen LogP contribution in [0.2, 0.25) is 0 Å². The zero-order valence-electron chi connectivity index (χ0n) is 33.0. The van der Waals surface area contributed by atoms with Gasteiger partial charge in [-0.25, -0.2) is 0 Å². The van der Waals surface area contributed by atoms with Gasteiger partial charge in [-0.3, -0.25) is 9.59 Å². The first kappa shape index (κ1) is 50.0. The normalized spacial score (nSPS) is 49.6. The first-order chi connectivity index (χ1) is 28.8. The van der Waals surface area contributed by atoms with E-state index in [-0.39, 0.29) is 0 Å². The fraction of sp³-hybridized carbons (Fsp3) is 0.941. The van der Waals surface area contributed by atoms with Gasteiger partial charge in [0.1, 0.15) is 116 Å². The Kier molecular flexibility index (Phi) is 17.5. The van der Waals surface area contributed by atoms with Crippen molar-refractivity contribution >= 4 is 11.8 Å². The summed E-state index contributed by atoms with van der Waals surface area (Å²) in [5, 5.41) is 153. The molecule has 0 aromatic rings. The van der Waals surface area contributed by atoms with Gasteiger partial charge in [-0.1, -0.05) is 0 Å². The first-order valence-electron chi connectivity index (χ1n) is 19.5. The molecule has 5 rings (SSSR count). The number of hydrogen-bond donors (Lipinski definition) is 16. The van der Waals surface area contributed by atoms with Crippen molar-refractivity contribution < 1.29 is 124 Å². The van der Waals surface area contributed by atoms with Crippen LogP contribution in [0.25, 0.3) is 0 Å².